The van der Waals surface area contributed by atoms with Crippen LogP contribution in [0.4, 0.5) is 0 Å². The van der Waals surface area contributed by atoms with Crippen molar-refractivity contribution in [1.29, 1.82) is 0 Å². The minimum atomic E-state index is -1.39. The third kappa shape index (κ3) is 3.19. The Balaban J connectivity index is 1.84. The van der Waals surface area contributed by atoms with E-state index in [1.165, 1.54) is 6.07 Å². The van der Waals surface area contributed by atoms with Crippen LogP contribution < -0.4 is 20.8 Å². The molecule has 3 rings (SSSR count). The van der Waals surface area contributed by atoms with E-state index in [0.717, 1.165) is 10.8 Å². The van der Waals surface area contributed by atoms with Crippen molar-refractivity contribution < 1.29 is 23.8 Å². The standard InChI is InChI=1S/C17H13NO6/c19-15(18-8-16(20)21)9-23-10-5-6-12-11-3-1-2-4-13(11)17(22)24-14(12)7-10/h1-7H,8-9H2,(H,18,19)(H,20,21)/p-1. The van der Waals surface area contributed by atoms with E-state index in [1.54, 1.807) is 24.3 Å². The smallest absolute Gasteiger partial charge is 0.344 e. The molecule has 0 aliphatic heterocycles. The van der Waals surface area contributed by atoms with Gasteiger partial charge in [-0.3, -0.25) is 4.79 Å². The molecule has 0 radical (unpaired) electrons. The molecule has 1 aromatic heterocycles. The Hall–Kier alpha value is -3.35. The van der Waals surface area contributed by atoms with Gasteiger partial charge in [0.05, 0.1) is 17.9 Å². The SMILES string of the molecule is O=C([O-])CNC(=O)COc1ccc2c(c1)oc(=O)c1ccccc12. The first-order valence-corrected chi connectivity index (χ1v) is 7.09. The molecule has 1 heterocycles. The Bertz CT molecular complexity index is 991. The number of carboxylic acid groups (broad SMARTS) is 1. The summed E-state index contributed by atoms with van der Waals surface area (Å²) in [6.07, 6.45) is 0. The molecule has 122 valence electrons. The van der Waals surface area contributed by atoms with Crippen molar-refractivity contribution >= 4 is 33.6 Å². The van der Waals surface area contributed by atoms with Gasteiger partial charge < -0.3 is 24.4 Å². The lowest BCUT2D eigenvalue weighted by molar-refractivity contribution is -0.304. The van der Waals surface area contributed by atoms with Gasteiger partial charge in [-0.1, -0.05) is 18.2 Å². The fourth-order valence-corrected chi connectivity index (χ4v) is 2.32. The predicted molar refractivity (Wildman–Crippen MR) is 83.5 cm³/mol. The number of hydrogen-bond acceptors (Lipinski definition) is 6. The van der Waals surface area contributed by atoms with Crippen molar-refractivity contribution in [3.05, 3.63) is 52.9 Å². The molecule has 24 heavy (non-hydrogen) atoms. The highest BCUT2D eigenvalue weighted by atomic mass is 16.5. The Morgan fingerprint density at radius 3 is 2.58 bits per heavy atom. The van der Waals surface area contributed by atoms with E-state index >= 15 is 0 Å². The molecule has 0 aliphatic carbocycles. The number of carboxylic acids is 1. The number of carbonyl (C=O) groups is 2. The van der Waals surface area contributed by atoms with Crippen molar-refractivity contribution in [3.63, 3.8) is 0 Å². The van der Waals surface area contributed by atoms with E-state index in [1.807, 2.05) is 12.1 Å². The zero-order valence-corrected chi connectivity index (χ0v) is 12.4. The maximum Gasteiger partial charge on any atom is 0.344 e. The largest absolute Gasteiger partial charge is 0.548 e. The van der Waals surface area contributed by atoms with E-state index in [0.29, 0.717) is 16.7 Å². The number of benzene rings is 2. The Morgan fingerprint density at radius 1 is 1.08 bits per heavy atom. The van der Waals surface area contributed by atoms with Gasteiger partial charge in [-0.15, -0.1) is 0 Å². The fraction of sp³-hybridized carbons (Fsp3) is 0.118. The molecule has 0 bridgehead atoms. The molecule has 3 aromatic rings. The van der Waals surface area contributed by atoms with Gasteiger partial charge in [0.25, 0.3) is 5.91 Å². The van der Waals surface area contributed by atoms with Crippen LogP contribution >= 0.6 is 0 Å². The highest BCUT2D eigenvalue weighted by Gasteiger charge is 2.09. The highest BCUT2D eigenvalue weighted by Crippen LogP contribution is 2.26. The molecule has 0 atom stereocenters. The van der Waals surface area contributed by atoms with Crippen LogP contribution in [0, 0.1) is 0 Å². The summed E-state index contributed by atoms with van der Waals surface area (Å²) in [7, 11) is 0. The normalized spacial score (nSPS) is 10.7. The average molecular weight is 326 g/mol. The number of rotatable bonds is 5. The van der Waals surface area contributed by atoms with Crippen LogP contribution in [-0.4, -0.2) is 25.0 Å². The van der Waals surface area contributed by atoms with Crippen LogP contribution in [0.15, 0.2) is 51.7 Å². The van der Waals surface area contributed by atoms with Gasteiger partial charge in [0.15, 0.2) is 6.61 Å². The second kappa shape index (κ2) is 6.41. The summed E-state index contributed by atoms with van der Waals surface area (Å²) in [5, 5.41) is 14.4. The molecule has 7 heteroatoms. The lowest BCUT2D eigenvalue weighted by Gasteiger charge is -2.09. The number of amides is 1. The van der Waals surface area contributed by atoms with Gasteiger partial charge in [-0.25, -0.2) is 4.79 Å². The minimum absolute atomic E-state index is 0.324. The third-order valence-corrected chi connectivity index (χ3v) is 3.39. The minimum Gasteiger partial charge on any atom is -0.548 e. The second-order valence-electron chi connectivity index (χ2n) is 5.03. The molecule has 0 saturated heterocycles. The van der Waals surface area contributed by atoms with Crippen molar-refractivity contribution in [2.75, 3.05) is 13.2 Å². The van der Waals surface area contributed by atoms with Crippen LogP contribution in [0.25, 0.3) is 21.7 Å². The monoisotopic (exact) mass is 326 g/mol. The summed E-state index contributed by atoms with van der Waals surface area (Å²) in [5.74, 6) is -1.66. The summed E-state index contributed by atoms with van der Waals surface area (Å²) < 4.78 is 10.6. The van der Waals surface area contributed by atoms with Gasteiger partial charge in [0.2, 0.25) is 0 Å². The molecule has 0 saturated carbocycles. The van der Waals surface area contributed by atoms with Crippen LogP contribution in [-0.2, 0) is 9.59 Å². The van der Waals surface area contributed by atoms with Gasteiger partial charge >= 0.3 is 5.63 Å². The molecular formula is C17H12NO6-. The van der Waals surface area contributed by atoms with Gasteiger partial charge in [0, 0.05) is 11.5 Å². The summed E-state index contributed by atoms with van der Waals surface area (Å²) in [5.41, 5.74) is -0.117. The summed E-state index contributed by atoms with van der Waals surface area (Å²) in [4.78, 5) is 33.7. The zero-order chi connectivity index (χ0) is 17.1. The first-order chi connectivity index (χ1) is 11.5. The van der Waals surface area contributed by atoms with Crippen LogP contribution in [0.2, 0.25) is 0 Å². The van der Waals surface area contributed by atoms with Gasteiger partial charge in [-0.05, 0) is 23.6 Å². The first kappa shape index (κ1) is 15.5. The van der Waals surface area contributed by atoms with Crippen LogP contribution in [0.5, 0.6) is 5.75 Å². The summed E-state index contributed by atoms with van der Waals surface area (Å²) >= 11 is 0. The van der Waals surface area contributed by atoms with E-state index in [-0.39, 0.29) is 6.61 Å². The molecule has 0 aliphatic rings. The summed E-state index contributed by atoms with van der Waals surface area (Å²) in [6.45, 7) is -0.947. The highest BCUT2D eigenvalue weighted by molar-refractivity contribution is 6.04. The van der Waals surface area contributed by atoms with Gasteiger partial charge in [-0.2, -0.15) is 0 Å². The molecule has 0 fully saturated rings. The molecule has 1 N–H and O–H groups in total. The van der Waals surface area contributed by atoms with E-state index in [4.69, 9.17) is 9.15 Å². The topological polar surface area (TPSA) is 109 Å². The Morgan fingerprint density at radius 2 is 1.83 bits per heavy atom. The quantitative estimate of drug-likeness (QED) is 0.529. The van der Waals surface area contributed by atoms with E-state index in [9.17, 15) is 19.5 Å². The predicted octanol–water partition coefficient (Wildman–Crippen LogP) is 0.191. The fourth-order valence-electron chi connectivity index (χ4n) is 2.32. The number of aliphatic carboxylic acids is 1. The molecule has 0 spiro atoms. The summed E-state index contributed by atoms with van der Waals surface area (Å²) in [6, 6.07) is 12.0. The molecule has 7 nitrogen and oxygen atoms in total. The first-order valence-electron chi connectivity index (χ1n) is 7.09. The number of nitrogens with one attached hydrogen (secondary N) is 1. The lowest BCUT2D eigenvalue weighted by Crippen LogP contribution is -2.39. The third-order valence-electron chi connectivity index (χ3n) is 3.39. The van der Waals surface area contributed by atoms with Crippen LogP contribution in [0.3, 0.4) is 0 Å². The van der Waals surface area contributed by atoms with Crippen molar-refractivity contribution in [2.24, 2.45) is 0 Å². The van der Waals surface area contributed by atoms with Gasteiger partial charge in [0.1, 0.15) is 11.3 Å². The number of hydrogen-bond donors (Lipinski definition) is 1. The number of carbonyl (C=O) groups excluding carboxylic acids is 2. The average Bonchev–Trinajstić information content (AvgIpc) is 2.58. The van der Waals surface area contributed by atoms with Crippen LogP contribution in [0.1, 0.15) is 0 Å². The molecule has 2 aromatic carbocycles. The molecule has 0 unspecified atom stereocenters. The van der Waals surface area contributed by atoms with Crippen molar-refractivity contribution in [1.82, 2.24) is 5.32 Å². The number of fused-ring (bicyclic) bond motifs is 3. The zero-order valence-electron chi connectivity index (χ0n) is 12.4. The second-order valence-corrected chi connectivity index (χ2v) is 5.03. The maximum absolute atomic E-state index is 12.0. The Kier molecular flexibility index (Phi) is 4.15. The van der Waals surface area contributed by atoms with E-state index in [2.05, 4.69) is 5.32 Å². The Labute approximate surface area is 135 Å². The number of ether oxygens (including phenoxy) is 1. The van der Waals surface area contributed by atoms with E-state index < -0.39 is 24.0 Å². The van der Waals surface area contributed by atoms with Crippen molar-refractivity contribution in [3.8, 4) is 5.75 Å². The molecular weight excluding hydrogens is 314 g/mol. The van der Waals surface area contributed by atoms with Crippen molar-refractivity contribution in [2.45, 2.75) is 0 Å². The molecule has 1 amide bonds. The maximum atomic E-state index is 12.0. The lowest BCUT2D eigenvalue weighted by atomic mass is 10.1.